The molecule has 0 unspecified atom stereocenters. The van der Waals surface area contributed by atoms with Crippen molar-refractivity contribution in [3.05, 3.63) is 35.6 Å². The first-order valence-corrected chi connectivity index (χ1v) is 10.9. The summed E-state index contributed by atoms with van der Waals surface area (Å²) in [5.74, 6) is -0.757. The number of piperazine rings is 2. The number of benzene rings is 1. The van der Waals surface area contributed by atoms with Gasteiger partial charge in [-0.25, -0.2) is 4.39 Å². The van der Waals surface area contributed by atoms with Crippen LogP contribution in [0.1, 0.15) is 42.5 Å². The third-order valence-electron chi connectivity index (χ3n) is 6.53. The molecule has 2 heterocycles. The van der Waals surface area contributed by atoms with Gasteiger partial charge >= 0.3 is 0 Å². The summed E-state index contributed by atoms with van der Waals surface area (Å²) < 4.78 is 13.4. The number of nitrogens with zero attached hydrogens (tertiary/aromatic N) is 3. The van der Waals surface area contributed by atoms with Crippen molar-refractivity contribution in [1.29, 1.82) is 0 Å². The van der Waals surface area contributed by atoms with Crippen molar-refractivity contribution >= 4 is 17.7 Å². The standard InChI is InChI=1S/C22H29FN4O3/c23-17-5-3-4-16(14-17)22(30)26-12-10-25(11-13-26)20(28)15-19-21(29)24-8-9-27(19)18-6-1-2-7-18/h3-5,14,18-19H,1-2,6-13,15H2,(H,24,29)/t19-/m1/s1. The van der Waals surface area contributed by atoms with Crippen LogP contribution in [0, 0.1) is 5.82 Å². The van der Waals surface area contributed by atoms with Crippen molar-refractivity contribution in [2.24, 2.45) is 0 Å². The third kappa shape index (κ3) is 4.48. The van der Waals surface area contributed by atoms with Gasteiger partial charge in [-0.2, -0.15) is 0 Å². The van der Waals surface area contributed by atoms with Crippen molar-refractivity contribution in [3.8, 4) is 0 Å². The molecule has 1 aromatic carbocycles. The molecule has 162 valence electrons. The van der Waals surface area contributed by atoms with E-state index in [0.717, 1.165) is 19.4 Å². The van der Waals surface area contributed by atoms with E-state index in [9.17, 15) is 18.8 Å². The maximum Gasteiger partial charge on any atom is 0.254 e. The Kier molecular flexibility index (Phi) is 6.32. The zero-order chi connectivity index (χ0) is 21.1. The number of carbonyl (C=O) groups excluding carboxylic acids is 3. The molecule has 3 fully saturated rings. The van der Waals surface area contributed by atoms with E-state index < -0.39 is 11.9 Å². The molecule has 30 heavy (non-hydrogen) atoms. The number of carbonyl (C=O) groups is 3. The number of halogens is 1. The molecular weight excluding hydrogens is 387 g/mol. The predicted octanol–water partition coefficient (Wildman–Crippen LogP) is 1.24. The lowest BCUT2D eigenvalue weighted by atomic mass is 10.0. The summed E-state index contributed by atoms with van der Waals surface area (Å²) in [6, 6.07) is 5.66. The molecule has 7 nitrogen and oxygen atoms in total. The van der Waals surface area contributed by atoms with Gasteiger partial charge in [0.1, 0.15) is 5.82 Å². The van der Waals surface area contributed by atoms with Gasteiger partial charge in [-0.3, -0.25) is 19.3 Å². The third-order valence-corrected chi connectivity index (χ3v) is 6.53. The Morgan fingerprint density at radius 3 is 2.43 bits per heavy atom. The molecule has 3 aliphatic rings. The summed E-state index contributed by atoms with van der Waals surface area (Å²) in [6.07, 6.45) is 4.74. The Bertz CT molecular complexity index is 803. The maximum atomic E-state index is 13.4. The molecule has 0 radical (unpaired) electrons. The van der Waals surface area contributed by atoms with Crippen molar-refractivity contribution in [1.82, 2.24) is 20.0 Å². The van der Waals surface area contributed by atoms with Gasteiger partial charge in [-0.05, 0) is 31.0 Å². The second kappa shape index (κ2) is 9.12. The number of hydrogen-bond donors (Lipinski definition) is 1. The first-order valence-electron chi connectivity index (χ1n) is 10.9. The van der Waals surface area contributed by atoms with E-state index in [1.807, 2.05) is 0 Å². The lowest BCUT2D eigenvalue weighted by molar-refractivity contribution is -0.140. The lowest BCUT2D eigenvalue weighted by Gasteiger charge is -2.40. The highest BCUT2D eigenvalue weighted by molar-refractivity contribution is 5.94. The summed E-state index contributed by atoms with van der Waals surface area (Å²) in [5.41, 5.74) is 0.320. The second-order valence-corrected chi connectivity index (χ2v) is 8.37. The molecule has 1 aliphatic carbocycles. The molecule has 1 aromatic rings. The SMILES string of the molecule is O=C1NCCN(C2CCCC2)[C@@H]1CC(=O)N1CCN(C(=O)c2cccc(F)c2)CC1. The minimum atomic E-state index is -0.438. The number of hydrogen-bond acceptors (Lipinski definition) is 4. The number of amides is 3. The van der Waals surface area contributed by atoms with E-state index in [1.165, 1.54) is 31.0 Å². The molecule has 2 aliphatic heterocycles. The van der Waals surface area contributed by atoms with Crippen molar-refractivity contribution in [2.45, 2.75) is 44.2 Å². The summed E-state index contributed by atoms with van der Waals surface area (Å²) in [5, 5.41) is 2.90. The Morgan fingerprint density at radius 1 is 1.03 bits per heavy atom. The molecule has 2 saturated heterocycles. The maximum absolute atomic E-state index is 13.4. The molecule has 0 aromatic heterocycles. The van der Waals surface area contributed by atoms with E-state index in [-0.39, 0.29) is 24.1 Å². The second-order valence-electron chi connectivity index (χ2n) is 8.37. The molecule has 0 spiro atoms. The molecule has 1 atom stereocenters. The van der Waals surface area contributed by atoms with Crippen LogP contribution in [-0.2, 0) is 9.59 Å². The largest absolute Gasteiger partial charge is 0.353 e. The highest BCUT2D eigenvalue weighted by Gasteiger charge is 2.38. The zero-order valence-electron chi connectivity index (χ0n) is 17.2. The molecule has 1 N–H and O–H groups in total. The van der Waals surface area contributed by atoms with Gasteiger partial charge in [-0.1, -0.05) is 18.9 Å². The van der Waals surface area contributed by atoms with Gasteiger partial charge < -0.3 is 15.1 Å². The van der Waals surface area contributed by atoms with Crippen LogP contribution in [0.15, 0.2) is 24.3 Å². The van der Waals surface area contributed by atoms with Gasteiger partial charge in [0, 0.05) is 50.9 Å². The fourth-order valence-electron chi connectivity index (χ4n) is 4.87. The van der Waals surface area contributed by atoms with Gasteiger partial charge in [0.25, 0.3) is 5.91 Å². The van der Waals surface area contributed by atoms with Gasteiger partial charge in [-0.15, -0.1) is 0 Å². The zero-order valence-corrected chi connectivity index (χ0v) is 17.2. The summed E-state index contributed by atoms with van der Waals surface area (Å²) >= 11 is 0. The van der Waals surface area contributed by atoms with E-state index in [0.29, 0.717) is 44.3 Å². The Balaban J connectivity index is 1.33. The normalized spacial score (nSPS) is 23.5. The van der Waals surface area contributed by atoms with Crippen LogP contribution in [-0.4, -0.2) is 83.8 Å². The molecule has 0 bridgehead atoms. The Labute approximate surface area is 176 Å². The van der Waals surface area contributed by atoms with Crippen LogP contribution < -0.4 is 5.32 Å². The highest BCUT2D eigenvalue weighted by Crippen LogP contribution is 2.27. The van der Waals surface area contributed by atoms with Crippen LogP contribution in [0.4, 0.5) is 4.39 Å². The van der Waals surface area contributed by atoms with Gasteiger partial charge in [0.2, 0.25) is 11.8 Å². The van der Waals surface area contributed by atoms with Crippen molar-refractivity contribution < 1.29 is 18.8 Å². The van der Waals surface area contributed by atoms with E-state index in [2.05, 4.69) is 10.2 Å². The van der Waals surface area contributed by atoms with Crippen LogP contribution >= 0.6 is 0 Å². The minimum Gasteiger partial charge on any atom is -0.353 e. The molecule has 8 heteroatoms. The lowest BCUT2D eigenvalue weighted by Crippen LogP contribution is -2.60. The summed E-state index contributed by atoms with van der Waals surface area (Å²) in [7, 11) is 0. The average Bonchev–Trinajstić information content (AvgIpc) is 3.29. The van der Waals surface area contributed by atoms with Crippen LogP contribution in [0.2, 0.25) is 0 Å². The van der Waals surface area contributed by atoms with Gasteiger partial charge in [0.15, 0.2) is 0 Å². The van der Waals surface area contributed by atoms with E-state index in [1.54, 1.807) is 15.9 Å². The number of nitrogens with one attached hydrogen (secondary N) is 1. The average molecular weight is 416 g/mol. The molecular formula is C22H29FN4O3. The molecule has 1 saturated carbocycles. The Hall–Kier alpha value is -2.48. The first kappa shape index (κ1) is 20.8. The van der Waals surface area contributed by atoms with Crippen molar-refractivity contribution in [2.75, 3.05) is 39.3 Å². The summed E-state index contributed by atoms with van der Waals surface area (Å²) in [4.78, 5) is 43.6. The quantitative estimate of drug-likeness (QED) is 0.802. The topological polar surface area (TPSA) is 73.0 Å². The Morgan fingerprint density at radius 2 is 1.73 bits per heavy atom. The van der Waals surface area contributed by atoms with E-state index >= 15 is 0 Å². The van der Waals surface area contributed by atoms with Gasteiger partial charge in [0.05, 0.1) is 12.5 Å². The number of rotatable bonds is 4. The van der Waals surface area contributed by atoms with E-state index in [4.69, 9.17) is 0 Å². The van der Waals surface area contributed by atoms with Crippen LogP contribution in [0.3, 0.4) is 0 Å². The summed E-state index contributed by atoms with van der Waals surface area (Å²) in [6.45, 7) is 3.11. The van der Waals surface area contributed by atoms with Crippen molar-refractivity contribution in [3.63, 3.8) is 0 Å². The fourth-order valence-corrected chi connectivity index (χ4v) is 4.87. The minimum absolute atomic E-state index is 0.0436. The monoisotopic (exact) mass is 416 g/mol. The van der Waals surface area contributed by atoms with Crippen LogP contribution in [0.5, 0.6) is 0 Å². The molecule has 4 rings (SSSR count). The smallest absolute Gasteiger partial charge is 0.254 e. The molecule has 3 amide bonds. The fraction of sp³-hybridized carbons (Fsp3) is 0.591. The van der Waals surface area contributed by atoms with Crippen LogP contribution in [0.25, 0.3) is 0 Å². The highest BCUT2D eigenvalue weighted by atomic mass is 19.1. The first-order chi connectivity index (χ1) is 14.5. The predicted molar refractivity (Wildman–Crippen MR) is 109 cm³/mol.